The van der Waals surface area contributed by atoms with Crippen LogP contribution in [-0.4, -0.2) is 16.1 Å². The first-order chi connectivity index (χ1) is 8.11. The van der Waals surface area contributed by atoms with Gasteiger partial charge in [0.25, 0.3) is 0 Å². The molecule has 0 atom stereocenters. The van der Waals surface area contributed by atoms with Crippen LogP contribution in [0.5, 0.6) is 0 Å². The zero-order valence-corrected chi connectivity index (χ0v) is 8.52. The Hall–Kier alpha value is -2.30. The third kappa shape index (κ3) is 1.99. The minimum absolute atomic E-state index is 0.0619. The summed E-state index contributed by atoms with van der Waals surface area (Å²) in [5, 5.41) is 8.74. The van der Waals surface area contributed by atoms with Gasteiger partial charge in [-0.05, 0) is 18.2 Å². The fourth-order valence-corrected chi connectivity index (χ4v) is 1.45. The number of pyridine rings is 1. The van der Waals surface area contributed by atoms with E-state index < -0.39 is 23.2 Å². The van der Waals surface area contributed by atoms with E-state index in [0.29, 0.717) is 0 Å². The predicted molar refractivity (Wildman–Crippen MR) is 56.5 cm³/mol. The normalized spacial score (nSPS) is 10.2. The van der Waals surface area contributed by atoms with E-state index in [0.717, 1.165) is 18.3 Å². The van der Waals surface area contributed by atoms with Crippen LogP contribution in [0.3, 0.4) is 0 Å². The number of carboxylic acid groups (broad SMARTS) is 1. The number of aromatic carboxylic acids is 1. The zero-order chi connectivity index (χ0) is 12.4. The van der Waals surface area contributed by atoms with Crippen LogP contribution in [0.4, 0.5) is 8.78 Å². The molecule has 0 radical (unpaired) electrons. The van der Waals surface area contributed by atoms with Gasteiger partial charge in [-0.25, -0.2) is 13.6 Å². The van der Waals surface area contributed by atoms with E-state index >= 15 is 0 Å². The van der Waals surface area contributed by atoms with E-state index in [4.69, 9.17) is 5.11 Å². The first-order valence-electron chi connectivity index (χ1n) is 4.74. The van der Waals surface area contributed by atoms with E-state index in [1.807, 2.05) is 0 Å². The van der Waals surface area contributed by atoms with Gasteiger partial charge in [0.15, 0.2) is 5.82 Å². The van der Waals surface area contributed by atoms with Crippen molar-refractivity contribution in [3.8, 4) is 11.3 Å². The van der Waals surface area contributed by atoms with Crippen molar-refractivity contribution >= 4 is 5.97 Å². The summed E-state index contributed by atoms with van der Waals surface area (Å²) in [6.45, 7) is 0. The fourth-order valence-electron chi connectivity index (χ4n) is 1.45. The lowest BCUT2D eigenvalue weighted by molar-refractivity contribution is 0.0692. The maximum absolute atomic E-state index is 13.8. The molecule has 0 saturated carbocycles. The fraction of sp³-hybridized carbons (Fsp3) is 0. The Balaban J connectivity index is 2.65. The molecule has 0 unspecified atom stereocenters. The van der Waals surface area contributed by atoms with Gasteiger partial charge in [-0.15, -0.1) is 0 Å². The van der Waals surface area contributed by atoms with Gasteiger partial charge in [-0.1, -0.05) is 12.1 Å². The number of rotatable bonds is 2. The molecular weight excluding hydrogens is 228 g/mol. The van der Waals surface area contributed by atoms with Gasteiger partial charge < -0.3 is 5.11 Å². The molecule has 1 N–H and O–H groups in total. The average Bonchev–Trinajstić information content (AvgIpc) is 2.30. The van der Waals surface area contributed by atoms with Crippen LogP contribution in [0.15, 0.2) is 36.5 Å². The molecule has 0 fully saturated rings. The Labute approximate surface area is 95.4 Å². The summed E-state index contributed by atoms with van der Waals surface area (Å²) >= 11 is 0. The molecule has 5 heteroatoms. The van der Waals surface area contributed by atoms with Crippen molar-refractivity contribution in [1.29, 1.82) is 0 Å². The van der Waals surface area contributed by atoms with Crippen molar-refractivity contribution in [1.82, 2.24) is 4.98 Å². The zero-order valence-electron chi connectivity index (χ0n) is 8.52. The molecule has 0 aliphatic heterocycles. The molecule has 1 aromatic carbocycles. The predicted octanol–water partition coefficient (Wildman–Crippen LogP) is 2.73. The molecule has 0 spiro atoms. The van der Waals surface area contributed by atoms with E-state index in [-0.39, 0.29) is 11.3 Å². The summed E-state index contributed by atoms with van der Waals surface area (Å²) in [6.07, 6.45) is 1.13. The summed E-state index contributed by atoms with van der Waals surface area (Å²) in [4.78, 5) is 14.4. The highest BCUT2D eigenvalue weighted by Crippen LogP contribution is 2.24. The maximum Gasteiger partial charge on any atom is 0.338 e. The summed E-state index contributed by atoms with van der Waals surface area (Å²) in [6, 6.07) is 6.50. The molecular formula is C12H7F2NO2. The van der Waals surface area contributed by atoms with E-state index in [1.165, 1.54) is 18.2 Å². The van der Waals surface area contributed by atoms with E-state index in [1.54, 1.807) is 0 Å². The Morgan fingerprint density at radius 2 is 1.88 bits per heavy atom. The first-order valence-corrected chi connectivity index (χ1v) is 4.74. The van der Waals surface area contributed by atoms with Crippen molar-refractivity contribution in [2.75, 3.05) is 0 Å². The van der Waals surface area contributed by atoms with Crippen LogP contribution >= 0.6 is 0 Å². The second-order valence-corrected chi connectivity index (χ2v) is 3.31. The maximum atomic E-state index is 13.8. The highest BCUT2D eigenvalue weighted by molar-refractivity contribution is 5.89. The van der Waals surface area contributed by atoms with Gasteiger partial charge in [0, 0.05) is 11.8 Å². The lowest BCUT2D eigenvalue weighted by Gasteiger charge is -2.05. The number of carbonyl (C=O) groups is 1. The lowest BCUT2D eigenvalue weighted by atomic mass is 10.1. The molecule has 86 valence electrons. The Morgan fingerprint density at radius 3 is 2.53 bits per heavy atom. The number of halogens is 2. The van der Waals surface area contributed by atoms with Crippen molar-refractivity contribution in [3.63, 3.8) is 0 Å². The number of hydrogen-bond acceptors (Lipinski definition) is 2. The van der Waals surface area contributed by atoms with Gasteiger partial charge >= 0.3 is 5.97 Å². The Morgan fingerprint density at radius 1 is 1.18 bits per heavy atom. The Bertz CT molecular complexity index is 584. The van der Waals surface area contributed by atoms with Crippen LogP contribution in [0.25, 0.3) is 11.3 Å². The number of carboxylic acids is 1. The van der Waals surface area contributed by atoms with E-state index in [2.05, 4.69) is 4.98 Å². The summed E-state index contributed by atoms with van der Waals surface area (Å²) < 4.78 is 27.2. The molecule has 0 aliphatic rings. The monoisotopic (exact) mass is 235 g/mol. The largest absolute Gasteiger partial charge is 0.478 e. The molecule has 1 heterocycles. The third-order valence-corrected chi connectivity index (χ3v) is 2.25. The van der Waals surface area contributed by atoms with Crippen molar-refractivity contribution in [3.05, 3.63) is 53.7 Å². The number of nitrogens with zero attached hydrogens (tertiary/aromatic N) is 1. The minimum Gasteiger partial charge on any atom is -0.478 e. The Kier molecular flexibility index (Phi) is 2.82. The van der Waals surface area contributed by atoms with Gasteiger partial charge in [-0.3, -0.25) is 4.98 Å². The molecule has 2 aromatic rings. The van der Waals surface area contributed by atoms with Gasteiger partial charge in [0.05, 0.1) is 5.56 Å². The average molecular weight is 235 g/mol. The molecule has 3 nitrogen and oxygen atoms in total. The van der Waals surface area contributed by atoms with Crippen LogP contribution in [0.1, 0.15) is 10.4 Å². The van der Waals surface area contributed by atoms with Crippen LogP contribution in [0, 0.1) is 11.6 Å². The summed E-state index contributed by atoms with van der Waals surface area (Å²) in [7, 11) is 0. The molecule has 0 saturated heterocycles. The highest BCUT2D eigenvalue weighted by atomic mass is 19.1. The SMILES string of the molecule is O=C(O)c1ccnc(-c2ccccc2F)c1F. The number of hydrogen-bond donors (Lipinski definition) is 1. The molecule has 2 rings (SSSR count). The quantitative estimate of drug-likeness (QED) is 0.870. The van der Waals surface area contributed by atoms with Crippen molar-refractivity contribution in [2.24, 2.45) is 0 Å². The standard InChI is InChI=1S/C12H7F2NO2/c13-9-4-2-1-3-7(9)11-10(14)8(12(16)17)5-6-15-11/h1-6H,(H,16,17). The number of aromatic nitrogens is 1. The molecule has 0 bridgehead atoms. The first kappa shape index (κ1) is 11.2. The van der Waals surface area contributed by atoms with E-state index in [9.17, 15) is 13.6 Å². The topological polar surface area (TPSA) is 50.2 Å². The van der Waals surface area contributed by atoms with Gasteiger partial charge in [0.2, 0.25) is 0 Å². The van der Waals surface area contributed by atoms with Gasteiger partial charge in [-0.2, -0.15) is 0 Å². The minimum atomic E-state index is -1.41. The number of benzene rings is 1. The second kappa shape index (κ2) is 4.29. The second-order valence-electron chi connectivity index (χ2n) is 3.31. The van der Waals surface area contributed by atoms with Crippen LogP contribution < -0.4 is 0 Å². The van der Waals surface area contributed by atoms with Gasteiger partial charge in [0.1, 0.15) is 11.5 Å². The van der Waals surface area contributed by atoms with Crippen molar-refractivity contribution < 1.29 is 18.7 Å². The highest BCUT2D eigenvalue weighted by Gasteiger charge is 2.17. The molecule has 0 amide bonds. The molecule has 17 heavy (non-hydrogen) atoms. The lowest BCUT2D eigenvalue weighted by Crippen LogP contribution is -2.03. The van der Waals surface area contributed by atoms with Crippen LogP contribution in [-0.2, 0) is 0 Å². The molecule has 1 aromatic heterocycles. The van der Waals surface area contributed by atoms with Crippen molar-refractivity contribution in [2.45, 2.75) is 0 Å². The molecule has 0 aliphatic carbocycles. The summed E-state index contributed by atoms with van der Waals surface area (Å²) in [5.41, 5.74) is -0.894. The third-order valence-electron chi connectivity index (χ3n) is 2.25. The van der Waals surface area contributed by atoms with Crippen LogP contribution in [0.2, 0.25) is 0 Å². The smallest absolute Gasteiger partial charge is 0.338 e. The summed E-state index contributed by atoms with van der Waals surface area (Å²) in [5.74, 6) is -3.10.